The van der Waals surface area contributed by atoms with E-state index in [4.69, 9.17) is 17.3 Å². The van der Waals surface area contributed by atoms with E-state index in [1.165, 1.54) is 17.4 Å². The second-order valence-corrected chi connectivity index (χ2v) is 4.71. The van der Waals surface area contributed by atoms with E-state index in [1.807, 2.05) is 17.5 Å². The molecular formula is C11H10Cl2FNOS. The van der Waals surface area contributed by atoms with E-state index >= 15 is 0 Å². The summed E-state index contributed by atoms with van der Waals surface area (Å²) < 4.78 is 13.2. The molecular weight excluding hydrogens is 284 g/mol. The van der Waals surface area contributed by atoms with Crippen molar-refractivity contribution in [2.45, 2.75) is 6.04 Å². The third-order valence-electron chi connectivity index (χ3n) is 2.24. The normalized spacial score (nSPS) is 11.9. The fourth-order valence-electron chi connectivity index (χ4n) is 1.44. The zero-order chi connectivity index (χ0) is 11.7. The van der Waals surface area contributed by atoms with Gasteiger partial charge in [-0.2, -0.15) is 0 Å². The Kier molecular flexibility index (Phi) is 4.77. The minimum Gasteiger partial charge on any atom is -0.506 e. The predicted molar refractivity (Wildman–Crippen MR) is 70.7 cm³/mol. The number of aromatic hydroxyl groups is 1. The maximum Gasteiger partial charge on any atom is 0.139 e. The van der Waals surface area contributed by atoms with Crippen LogP contribution < -0.4 is 5.73 Å². The zero-order valence-corrected chi connectivity index (χ0v) is 11.0. The molecule has 0 amide bonds. The summed E-state index contributed by atoms with van der Waals surface area (Å²) in [5, 5.41) is 11.6. The maximum absolute atomic E-state index is 13.2. The van der Waals surface area contributed by atoms with Crippen molar-refractivity contribution >= 4 is 35.3 Å². The molecule has 0 fully saturated rings. The molecule has 1 heterocycles. The minimum absolute atomic E-state index is 0. The van der Waals surface area contributed by atoms with Crippen LogP contribution in [0.25, 0.3) is 0 Å². The van der Waals surface area contributed by atoms with E-state index in [-0.39, 0.29) is 23.2 Å². The summed E-state index contributed by atoms with van der Waals surface area (Å²) in [6, 6.07) is 5.37. The summed E-state index contributed by atoms with van der Waals surface area (Å²) in [6.45, 7) is 0. The number of thiophene rings is 1. The molecule has 0 radical (unpaired) electrons. The number of hydrogen-bond donors (Lipinski definition) is 2. The number of halogens is 3. The van der Waals surface area contributed by atoms with Gasteiger partial charge in [-0.1, -0.05) is 17.7 Å². The molecule has 6 heteroatoms. The summed E-state index contributed by atoms with van der Waals surface area (Å²) in [7, 11) is 0. The Hall–Kier alpha value is -0.810. The molecule has 3 N–H and O–H groups in total. The topological polar surface area (TPSA) is 46.2 Å². The van der Waals surface area contributed by atoms with Crippen molar-refractivity contribution in [3.8, 4) is 5.75 Å². The standard InChI is InChI=1S/C11H9ClFNOS.ClH/c12-8-5-6(13)4-7(11(8)15)10(14)9-2-1-3-16-9;/h1-5,10,15H,14H2;1H/t10-;/m0./s1. The molecule has 0 aliphatic rings. The fourth-order valence-corrected chi connectivity index (χ4v) is 2.40. The van der Waals surface area contributed by atoms with Crippen molar-refractivity contribution in [1.82, 2.24) is 0 Å². The highest BCUT2D eigenvalue weighted by atomic mass is 35.5. The first-order valence-electron chi connectivity index (χ1n) is 4.56. The van der Waals surface area contributed by atoms with Crippen LogP contribution in [0.2, 0.25) is 5.02 Å². The maximum atomic E-state index is 13.2. The van der Waals surface area contributed by atoms with E-state index in [2.05, 4.69) is 0 Å². The van der Waals surface area contributed by atoms with Crippen molar-refractivity contribution in [2.24, 2.45) is 5.73 Å². The highest BCUT2D eigenvalue weighted by molar-refractivity contribution is 7.10. The molecule has 0 spiro atoms. The van der Waals surface area contributed by atoms with E-state index in [1.54, 1.807) is 0 Å². The lowest BCUT2D eigenvalue weighted by Crippen LogP contribution is -2.10. The summed E-state index contributed by atoms with van der Waals surface area (Å²) in [6.07, 6.45) is 0. The molecule has 2 aromatic rings. The molecule has 92 valence electrons. The van der Waals surface area contributed by atoms with Gasteiger partial charge in [-0.05, 0) is 23.6 Å². The van der Waals surface area contributed by atoms with Crippen LogP contribution in [0, 0.1) is 5.82 Å². The largest absolute Gasteiger partial charge is 0.506 e. The number of rotatable bonds is 2. The monoisotopic (exact) mass is 293 g/mol. The van der Waals surface area contributed by atoms with Crippen molar-refractivity contribution in [3.05, 3.63) is 50.9 Å². The first kappa shape index (κ1) is 14.3. The number of hydrogen-bond acceptors (Lipinski definition) is 3. The van der Waals surface area contributed by atoms with Crippen LogP contribution in [0.15, 0.2) is 29.6 Å². The van der Waals surface area contributed by atoms with Gasteiger partial charge in [-0.25, -0.2) is 4.39 Å². The van der Waals surface area contributed by atoms with Gasteiger partial charge in [0.1, 0.15) is 11.6 Å². The van der Waals surface area contributed by atoms with Crippen LogP contribution in [0.3, 0.4) is 0 Å². The Labute approximate surface area is 113 Å². The van der Waals surface area contributed by atoms with Crippen molar-refractivity contribution in [3.63, 3.8) is 0 Å². The third-order valence-corrected chi connectivity index (χ3v) is 3.49. The lowest BCUT2D eigenvalue weighted by molar-refractivity contribution is 0.463. The molecule has 0 unspecified atom stereocenters. The van der Waals surface area contributed by atoms with Gasteiger partial charge >= 0.3 is 0 Å². The second kappa shape index (κ2) is 5.69. The average molecular weight is 294 g/mol. The smallest absolute Gasteiger partial charge is 0.139 e. The Morgan fingerprint density at radius 1 is 1.41 bits per heavy atom. The van der Waals surface area contributed by atoms with Gasteiger partial charge in [-0.3, -0.25) is 0 Å². The molecule has 1 aromatic carbocycles. The van der Waals surface area contributed by atoms with Gasteiger partial charge < -0.3 is 10.8 Å². The summed E-state index contributed by atoms with van der Waals surface area (Å²) >= 11 is 7.13. The Bertz CT molecular complexity index is 504. The average Bonchev–Trinajstić information content (AvgIpc) is 2.75. The number of phenolic OH excluding ortho intramolecular Hbond substituents is 1. The van der Waals surface area contributed by atoms with Gasteiger partial charge in [0, 0.05) is 10.4 Å². The first-order valence-corrected chi connectivity index (χ1v) is 5.82. The summed E-state index contributed by atoms with van der Waals surface area (Å²) in [5.74, 6) is -0.672. The van der Waals surface area contributed by atoms with Crippen LogP contribution in [-0.2, 0) is 0 Å². The van der Waals surface area contributed by atoms with Gasteiger partial charge in [0.25, 0.3) is 0 Å². The van der Waals surface area contributed by atoms with Gasteiger partial charge in [-0.15, -0.1) is 23.7 Å². The number of benzene rings is 1. The molecule has 1 aromatic heterocycles. The minimum atomic E-state index is -0.562. The molecule has 2 rings (SSSR count). The Balaban J connectivity index is 0.00000144. The van der Waals surface area contributed by atoms with Crippen molar-refractivity contribution in [2.75, 3.05) is 0 Å². The van der Waals surface area contributed by atoms with E-state index in [0.29, 0.717) is 5.56 Å². The van der Waals surface area contributed by atoms with Gasteiger partial charge in [0.2, 0.25) is 0 Å². The zero-order valence-electron chi connectivity index (χ0n) is 8.56. The van der Waals surface area contributed by atoms with Crippen LogP contribution >= 0.6 is 35.3 Å². The Morgan fingerprint density at radius 2 is 2.12 bits per heavy atom. The quantitative estimate of drug-likeness (QED) is 0.886. The number of nitrogens with two attached hydrogens (primary N) is 1. The van der Waals surface area contributed by atoms with E-state index < -0.39 is 11.9 Å². The van der Waals surface area contributed by atoms with Crippen LogP contribution in [0.1, 0.15) is 16.5 Å². The van der Waals surface area contributed by atoms with E-state index in [9.17, 15) is 9.50 Å². The van der Waals surface area contributed by atoms with Gasteiger partial charge in [0.15, 0.2) is 0 Å². The molecule has 0 saturated carbocycles. The van der Waals surface area contributed by atoms with Gasteiger partial charge in [0.05, 0.1) is 11.1 Å². The Morgan fingerprint density at radius 3 is 2.71 bits per heavy atom. The summed E-state index contributed by atoms with van der Waals surface area (Å²) in [4.78, 5) is 0.844. The molecule has 0 aliphatic heterocycles. The molecule has 2 nitrogen and oxygen atoms in total. The SMILES string of the molecule is Cl.N[C@H](c1cccs1)c1cc(F)cc(Cl)c1O. The highest BCUT2D eigenvalue weighted by Gasteiger charge is 2.17. The van der Waals surface area contributed by atoms with Crippen LogP contribution in [0.5, 0.6) is 5.75 Å². The lowest BCUT2D eigenvalue weighted by Gasteiger charge is -2.13. The van der Waals surface area contributed by atoms with Crippen molar-refractivity contribution in [1.29, 1.82) is 0 Å². The molecule has 0 bridgehead atoms. The van der Waals surface area contributed by atoms with E-state index in [0.717, 1.165) is 10.9 Å². The molecule has 0 aliphatic carbocycles. The van der Waals surface area contributed by atoms with Crippen LogP contribution in [0.4, 0.5) is 4.39 Å². The molecule has 0 saturated heterocycles. The predicted octanol–water partition coefficient (Wildman–Crippen LogP) is 3.72. The number of phenols is 1. The highest BCUT2D eigenvalue weighted by Crippen LogP contribution is 2.35. The molecule has 1 atom stereocenters. The van der Waals surface area contributed by atoms with Crippen LogP contribution in [-0.4, -0.2) is 5.11 Å². The fraction of sp³-hybridized carbons (Fsp3) is 0.0909. The molecule has 17 heavy (non-hydrogen) atoms. The first-order chi connectivity index (χ1) is 7.59. The third kappa shape index (κ3) is 2.90. The van der Waals surface area contributed by atoms with Crippen molar-refractivity contribution < 1.29 is 9.50 Å². The lowest BCUT2D eigenvalue weighted by atomic mass is 10.0. The summed E-state index contributed by atoms with van der Waals surface area (Å²) in [5.41, 5.74) is 6.22. The second-order valence-electron chi connectivity index (χ2n) is 3.32.